The van der Waals surface area contributed by atoms with E-state index in [1.54, 1.807) is 0 Å². The summed E-state index contributed by atoms with van der Waals surface area (Å²) in [6, 6.07) is 9.03. The van der Waals surface area contributed by atoms with Crippen molar-refractivity contribution in [3.63, 3.8) is 0 Å². The van der Waals surface area contributed by atoms with Crippen molar-refractivity contribution in [2.45, 2.75) is 32.9 Å². The molecule has 0 saturated carbocycles. The van der Waals surface area contributed by atoms with Crippen LogP contribution in [0.5, 0.6) is 0 Å². The minimum atomic E-state index is 0.566. The predicted molar refractivity (Wildman–Crippen MR) is 76.6 cm³/mol. The van der Waals surface area contributed by atoms with Gasteiger partial charge in [-0.15, -0.1) is 0 Å². The molecule has 90 valence electrons. The van der Waals surface area contributed by atoms with E-state index in [2.05, 4.69) is 66.0 Å². The second-order valence-corrected chi connectivity index (χ2v) is 5.39. The predicted octanol–water partition coefficient (Wildman–Crippen LogP) is 3.20. The summed E-state index contributed by atoms with van der Waals surface area (Å²) in [6.07, 6.45) is 1.07. The Hall–Kier alpha value is -0.130. The van der Waals surface area contributed by atoms with Gasteiger partial charge in [0.1, 0.15) is 0 Å². The van der Waals surface area contributed by atoms with Gasteiger partial charge in [-0.05, 0) is 53.3 Å². The lowest BCUT2D eigenvalue weighted by molar-refractivity contribution is 0.118. The molecule has 0 atom stereocenters. The molecule has 0 aromatic heterocycles. The van der Waals surface area contributed by atoms with Gasteiger partial charge in [0.25, 0.3) is 0 Å². The maximum atomic E-state index is 5.60. The molecule has 2 nitrogen and oxygen atoms in total. The topological polar surface area (TPSA) is 21.3 Å². The molecule has 1 rings (SSSR count). The Kier molecular flexibility index (Phi) is 7.00. The van der Waals surface area contributed by atoms with E-state index in [0.29, 0.717) is 6.04 Å². The van der Waals surface area contributed by atoms with Crippen LogP contribution in [0.15, 0.2) is 24.3 Å². The van der Waals surface area contributed by atoms with Gasteiger partial charge >= 0.3 is 0 Å². The molecule has 0 aliphatic rings. The summed E-state index contributed by atoms with van der Waals surface area (Å²) in [4.78, 5) is 0. The molecular formula is C13H20INO. The minimum Gasteiger partial charge on any atom is -0.377 e. The van der Waals surface area contributed by atoms with Gasteiger partial charge in [0, 0.05) is 16.2 Å². The van der Waals surface area contributed by atoms with Crippen LogP contribution in [-0.2, 0) is 11.3 Å². The first kappa shape index (κ1) is 13.9. The van der Waals surface area contributed by atoms with Crippen molar-refractivity contribution >= 4 is 22.6 Å². The monoisotopic (exact) mass is 333 g/mol. The Balaban J connectivity index is 2.05. The maximum Gasteiger partial charge on any atom is 0.0716 e. The molecular weight excluding hydrogens is 313 g/mol. The molecule has 0 saturated heterocycles. The van der Waals surface area contributed by atoms with E-state index in [9.17, 15) is 0 Å². The molecule has 0 heterocycles. The molecule has 0 bridgehead atoms. The highest BCUT2D eigenvalue weighted by Crippen LogP contribution is 2.07. The van der Waals surface area contributed by atoms with Crippen molar-refractivity contribution < 1.29 is 4.74 Å². The first-order valence-corrected chi connectivity index (χ1v) is 6.82. The highest BCUT2D eigenvalue weighted by Gasteiger charge is 1.94. The normalized spacial score (nSPS) is 11.0. The second kappa shape index (κ2) is 8.03. The molecule has 0 radical (unpaired) electrons. The molecule has 1 aromatic rings. The smallest absolute Gasteiger partial charge is 0.0716 e. The molecule has 0 spiro atoms. The van der Waals surface area contributed by atoms with Crippen molar-refractivity contribution in [3.8, 4) is 0 Å². The van der Waals surface area contributed by atoms with Crippen molar-refractivity contribution in [1.82, 2.24) is 5.32 Å². The van der Waals surface area contributed by atoms with Crippen LogP contribution in [0, 0.1) is 3.57 Å². The van der Waals surface area contributed by atoms with E-state index in [1.807, 2.05) is 0 Å². The fraction of sp³-hybridized carbons (Fsp3) is 0.538. The summed E-state index contributed by atoms with van der Waals surface area (Å²) in [5.41, 5.74) is 1.25. The lowest BCUT2D eigenvalue weighted by Crippen LogP contribution is -2.24. The number of nitrogens with one attached hydrogen (secondary N) is 1. The van der Waals surface area contributed by atoms with Gasteiger partial charge in [-0.3, -0.25) is 0 Å². The van der Waals surface area contributed by atoms with Gasteiger partial charge in [-0.1, -0.05) is 26.0 Å². The van der Waals surface area contributed by atoms with Gasteiger partial charge in [-0.2, -0.15) is 0 Å². The molecule has 0 fully saturated rings. The Morgan fingerprint density at radius 2 is 1.94 bits per heavy atom. The zero-order chi connectivity index (χ0) is 11.8. The Morgan fingerprint density at radius 1 is 1.25 bits per heavy atom. The summed E-state index contributed by atoms with van der Waals surface area (Å²) >= 11 is 2.31. The third-order valence-corrected chi connectivity index (χ3v) is 2.92. The Morgan fingerprint density at radius 3 is 2.56 bits per heavy atom. The van der Waals surface area contributed by atoms with Gasteiger partial charge in [0.05, 0.1) is 6.61 Å². The average Bonchev–Trinajstić information content (AvgIpc) is 2.25. The molecule has 1 aromatic carbocycles. The van der Waals surface area contributed by atoms with Crippen LogP contribution >= 0.6 is 22.6 Å². The zero-order valence-corrected chi connectivity index (χ0v) is 12.2. The number of benzene rings is 1. The lowest BCUT2D eigenvalue weighted by Gasteiger charge is -2.08. The van der Waals surface area contributed by atoms with E-state index in [1.165, 1.54) is 9.13 Å². The Bertz CT molecular complexity index is 284. The minimum absolute atomic E-state index is 0.566. The Labute approximate surface area is 112 Å². The number of hydrogen-bond donors (Lipinski definition) is 1. The van der Waals surface area contributed by atoms with Crippen LogP contribution in [0.2, 0.25) is 0 Å². The number of halogens is 1. The number of hydrogen-bond acceptors (Lipinski definition) is 2. The molecule has 0 aliphatic carbocycles. The standard InChI is InChI=1S/C13H20INO/c1-11(2)15-8-3-9-16-10-12-4-6-13(14)7-5-12/h4-7,11,15H,3,8-10H2,1-2H3. The lowest BCUT2D eigenvalue weighted by atomic mass is 10.2. The van der Waals surface area contributed by atoms with Crippen molar-refractivity contribution in [2.75, 3.05) is 13.2 Å². The van der Waals surface area contributed by atoms with Gasteiger partial charge in [0.15, 0.2) is 0 Å². The van der Waals surface area contributed by atoms with E-state index >= 15 is 0 Å². The number of ether oxygens (including phenoxy) is 1. The summed E-state index contributed by atoms with van der Waals surface area (Å²) in [6.45, 7) is 6.90. The SMILES string of the molecule is CC(C)NCCCOCc1ccc(I)cc1. The molecule has 3 heteroatoms. The molecule has 0 amide bonds. The van der Waals surface area contributed by atoms with Crippen molar-refractivity contribution in [1.29, 1.82) is 0 Å². The van der Waals surface area contributed by atoms with Gasteiger partial charge in [-0.25, -0.2) is 0 Å². The van der Waals surface area contributed by atoms with Crippen LogP contribution in [0.25, 0.3) is 0 Å². The van der Waals surface area contributed by atoms with E-state index in [-0.39, 0.29) is 0 Å². The van der Waals surface area contributed by atoms with Crippen LogP contribution in [0.1, 0.15) is 25.8 Å². The highest BCUT2D eigenvalue weighted by molar-refractivity contribution is 14.1. The van der Waals surface area contributed by atoms with E-state index in [0.717, 1.165) is 26.2 Å². The molecule has 16 heavy (non-hydrogen) atoms. The van der Waals surface area contributed by atoms with E-state index in [4.69, 9.17) is 4.74 Å². The van der Waals surface area contributed by atoms with Gasteiger partial charge in [0.2, 0.25) is 0 Å². The third-order valence-electron chi connectivity index (χ3n) is 2.20. The van der Waals surface area contributed by atoms with Crippen LogP contribution < -0.4 is 5.32 Å². The average molecular weight is 333 g/mol. The first-order valence-electron chi connectivity index (χ1n) is 5.74. The highest BCUT2D eigenvalue weighted by atomic mass is 127. The van der Waals surface area contributed by atoms with Crippen LogP contribution in [0.3, 0.4) is 0 Å². The summed E-state index contributed by atoms with van der Waals surface area (Å²) < 4.78 is 6.87. The summed E-state index contributed by atoms with van der Waals surface area (Å²) in [5.74, 6) is 0. The summed E-state index contributed by atoms with van der Waals surface area (Å²) in [5, 5.41) is 3.37. The fourth-order valence-corrected chi connectivity index (χ4v) is 1.70. The second-order valence-electron chi connectivity index (χ2n) is 4.14. The maximum absolute atomic E-state index is 5.60. The fourth-order valence-electron chi connectivity index (χ4n) is 1.34. The van der Waals surface area contributed by atoms with Gasteiger partial charge < -0.3 is 10.1 Å². The molecule has 0 aliphatic heterocycles. The van der Waals surface area contributed by atoms with E-state index < -0.39 is 0 Å². The first-order chi connectivity index (χ1) is 7.68. The zero-order valence-electron chi connectivity index (χ0n) is 10.0. The van der Waals surface area contributed by atoms with Crippen molar-refractivity contribution in [3.05, 3.63) is 33.4 Å². The van der Waals surface area contributed by atoms with Crippen LogP contribution in [-0.4, -0.2) is 19.2 Å². The number of rotatable bonds is 7. The van der Waals surface area contributed by atoms with Crippen molar-refractivity contribution in [2.24, 2.45) is 0 Å². The van der Waals surface area contributed by atoms with Crippen LogP contribution in [0.4, 0.5) is 0 Å². The quantitative estimate of drug-likeness (QED) is 0.611. The molecule has 0 unspecified atom stereocenters. The third kappa shape index (κ3) is 6.45. The largest absolute Gasteiger partial charge is 0.377 e. The summed E-state index contributed by atoms with van der Waals surface area (Å²) in [7, 11) is 0. The molecule has 1 N–H and O–H groups in total.